The second kappa shape index (κ2) is 6.91. The normalized spacial score (nSPS) is 21.8. The molecule has 8 heteroatoms. The zero-order valence-electron chi connectivity index (χ0n) is 13.6. The molecule has 1 fully saturated rings. The van der Waals surface area contributed by atoms with E-state index in [0.29, 0.717) is 0 Å². The lowest BCUT2D eigenvalue weighted by Crippen LogP contribution is -2.48. The van der Waals surface area contributed by atoms with Crippen molar-refractivity contribution in [1.29, 1.82) is 0 Å². The van der Waals surface area contributed by atoms with Gasteiger partial charge in [-0.05, 0) is 18.6 Å². The standard InChI is InChI=1S/C17H18N2O5S/c1-13-17(14-7-3-2-4-8-14)24-12-11-18(13)25(22,23)16-10-6-5-9-15(16)19(20)21/h2-10,13,17H,11-12H2,1H3/t13-,17-/m1/s1. The molecule has 0 bridgehead atoms. The lowest BCUT2D eigenvalue weighted by molar-refractivity contribution is -0.387. The number of hydrogen-bond donors (Lipinski definition) is 0. The molecular weight excluding hydrogens is 344 g/mol. The van der Waals surface area contributed by atoms with Gasteiger partial charge in [0.05, 0.1) is 23.7 Å². The minimum Gasteiger partial charge on any atom is -0.370 e. The summed E-state index contributed by atoms with van der Waals surface area (Å²) in [4.78, 5) is 10.3. The molecule has 0 aromatic heterocycles. The smallest absolute Gasteiger partial charge is 0.289 e. The Labute approximate surface area is 146 Å². The molecule has 2 aromatic carbocycles. The second-order valence-corrected chi connectivity index (χ2v) is 7.64. The molecule has 0 radical (unpaired) electrons. The Balaban J connectivity index is 1.99. The van der Waals surface area contributed by atoms with Crippen LogP contribution in [0.5, 0.6) is 0 Å². The van der Waals surface area contributed by atoms with Gasteiger partial charge in [0.1, 0.15) is 0 Å². The second-order valence-electron chi connectivity index (χ2n) is 5.78. The molecule has 1 aliphatic heterocycles. The fraction of sp³-hybridized carbons (Fsp3) is 0.294. The summed E-state index contributed by atoms with van der Waals surface area (Å²) in [6, 6.07) is 14.3. The molecule has 0 spiro atoms. The quantitative estimate of drug-likeness (QED) is 0.616. The number of sulfonamides is 1. The van der Waals surface area contributed by atoms with Crippen LogP contribution in [0, 0.1) is 10.1 Å². The van der Waals surface area contributed by atoms with Crippen LogP contribution >= 0.6 is 0 Å². The molecule has 0 saturated carbocycles. The molecule has 7 nitrogen and oxygen atoms in total. The molecule has 0 amide bonds. The van der Waals surface area contributed by atoms with Gasteiger partial charge in [0.25, 0.3) is 5.69 Å². The highest BCUT2D eigenvalue weighted by Crippen LogP contribution is 2.34. The highest BCUT2D eigenvalue weighted by Gasteiger charge is 2.40. The van der Waals surface area contributed by atoms with Gasteiger partial charge >= 0.3 is 0 Å². The van der Waals surface area contributed by atoms with Gasteiger partial charge in [-0.25, -0.2) is 8.42 Å². The average Bonchev–Trinajstić information content (AvgIpc) is 2.62. The fourth-order valence-electron chi connectivity index (χ4n) is 3.07. The van der Waals surface area contributed by atoms with Crippen molar-refractivity contribution < 1.29 is 18.1 Å². The van der Waals surface area contributed by atoms with Crippen LogP contribution < -0.4 is 0 Å². The summed E-state index contributed by atoms with van der Waals surface area (Å²) in [6.07, 6.45) is -0.424. The Morgan fingerprint density at radius 2 is 1.76 bits per heavy atom. The van der Waals surface area contributed by atoms with E-state index in [-0.39, 0.29) is 18.0 Å². The van der Waals surface area contributed by atoms with Gasteiger partial charge < -0.3 is 4.74 Å². The Morgan fingerprint density at radius 1 is 1.12 bits per heavy atom. The number of rotatable bonds is 4. The van der Waals surface area contributed by atoms with Gasteiger partial charge in [-0.3, -0.25) is 10.1 Å². The van der Waals surface area contributed by atoms with E-state index in [0.717, 1.165) is 5.56 Å². The molecular formula is C17H18N2O5S. The maximum Gasteiger partial charge on any atom is 0.289 e. The van der Waals surface area contributed by atoms with Gasteiger partial charge in [0.2, 0.25) is 10.0 Å². The largest absolute Gasteiger partial charge is 0.370 e. The van der Waals surface area contributed by atoms with Crippen LogP contribution in [0.4, 0.5) is 5.69 Å². The van der Waals surface area contributed by atoms with E-state index < -0.39 is 32.8 Å². The van der Waals surface area contributed by atoms with E-state index in [1.165, 1.54) is 28.6 Å². The van der Waals surface area contributed by atoms with Crippen LogP contribution in [0.3, 0.4) is 0 Å². The molecule has 1 aliphatic rings. The first-order valence-corrected chi connectivity index (χ1v) is 9.29. The summed E-state index contributed by atoms with van der Waals surface area (Å²) in [5.41, 5.74) is 0.454. The van der Waals surface area contributed by atoms with Crippen LogP contribution in [0.1, 0.15) is 18.6 Å². The predicted molar refractivity (Wildman–Crippen MR) is 91.6 cm³/mol. The molecule has 25 heavy (non-hydrogen) atoms. The molecule has 0 N–H and O–H groups in total. The monoisotopic (exact) mass is 362 g/mol. The van der Waals surface area contributed by atoms with Gasteiger partial charge in [-0.1, -0.05) is 42.5 Å². The maximum atomic E-state index is 13.1. The Hall–Kier alpha value is -2.29. The van der Waals surface area contributed by atoms with Crippen LogP contribution in [-0.2, 0) is 14.8 Å². The number of nitrogens with zero attached hydrogens (tertiary/aromatic N) is 2. The number of nitro groups is 1. The van der Waals surface area contributed by atoms with Crippen molar-refractivity contribution in [3.8, 4) is 0 Å². The Morgan fingerprint density at radius 3 is 2.44 bits per heavy atom. The molecule has 2 aromatic rings. The topological polar surface area (TPSA) is 89.8 Å². The number of hydrogen-bond acceptors (Lipinski definition) is 5. The molecule has 0 aliphatic carbocycles. The van der Waals surface area contributed by atoms with Gasteiger partial charge in [0.15, 0.2) is 4.90 Å². The molecule has 0 unspecified atom stereocenters. The zero-order chi connectivity index (χ0) is 18.0. The predicted octanol–water partition coefficient (Wildman–Crippen LogP) is 2.75. The SMILES string of the molecule is C[C@@H]1[C@H](c2ccccc2)OCCN1S(=O)(=O)c1ccccc1[N+](=O)[O-]. The minimum absolute atomic E-state index is 0.152. The van der Waals surface area contributed by atoms with Crippen LogP contribution in [0.15, 0.2) is 59.5 Å². The number of para-hydroxylation sites is 1. The zero-order valence-corrected chi connectivity index (χ0v) is 14.4. The summed E-state index contributed by atoms with van der Waals surface area (Å²) in [5.74, 6) is 0. The lowest BCUT2D eigenvalue weighted by Gasteiger charge is -2.38. The van der Waals surface area contributed by atoms with Crippen molar-refractivity contribution in [2.24, 2.45) is 0 Å². The highest BCUT2D eigenvalue weighted by molar-refractivity contribution is 7.89. The van der Waals surface area contributed by atoms with E-state index >= 15 is 0 Å². The lowest BCUT2D eigenvalue weighted by atomic mass is 10.0. The molecule has 1 heterocycles. The van der Waals surface area contributed by atoms with E-state index in [1.54, 1.807) is 6.92 Å². The number of morpholine rings is 1. The van der Waals surface area contributed by atoms with Crippen LogP contribution in [0.25, 0.3) is 0 Å². The third-order valence-corrected chi connectivity index (χ3v) is 6.31. The van der Waals surface area contributed by atoms with E-state index in [9.17, 15) is 18.5 Å². The van der Waals surface area contributed by atoms with Crippen LogP contribution in [-0.4, -0.2) is 36.8 Å². The van der Waals surface area contributed by atoms with Crippen molar-refractivity contribution >= 4 is 15.7 Å². The van der Waals surface area contributed by atoms with Crippen molar-refractivity contribution in [3.05, 3.63) is 70.3 Å². The first-order valence-electron chi connectivity index (χ1n) is 7.84. The van der Waals surface area contributed by atoms with Gasteiger partial charge in [-0.15, -0.1) is 0 Å². The maximum absolute atomic E-state index is 13.1. The summed E-state index contributed by atoms with van der Waals surface area (Å²) in [5, 5.41) is 11.2. The number of nitro benzene ring substituents is 1. The third kappa shape index (κ3) is 3.28. The van der Waals surface area contributed by atoms with Gasteiger partial charge in [0, 0.05) is 12.6 Å². The van der Waals surface area contributed by atoms with E-state index in [4.69, 9.17) is 4.74 Å². The summed E-state index contributed by atoms with van der Waals surface area (Å²) >= 11 is 0. The summed E-state index contributed by atoms with van der Waals surface area (Å²) in [7, 11) is -4.02. The van der Waals surface area contributed by atoms with Crippen molar-refractivity contribution in [2.75, 3.05) is 13.2 Å². The highest BCUT2D eigenvalue weighted by atomic mass is 32.2. The number of benzene rings is 2. The molecule has 132 valence electrons. The minimum atomic E-state index is -4.02. The van der Waals surface area contributed by atoms with Crippen LogP contribution in [0.2, 0.25) is 0 Å². The van der Waals surface area contributed by atoms with Crippen molar-refractivity contribution in [1.82, 2.24) is 4.31 Å². The number of ether oxygens (including phenoxy) is 1. The molecule has 3 rings (SSSR count). The first-order chi connectivity index (χ1) is 11.9. The first kappa shape index (κ1) is 17.5. The average molecular weight is 362 g/mol. The third-order valence-electron chi connectivity index (χ3n) is 4.28. The Kier molecular flexibility index (Phi) is 4.85. The van der Waals surface area contributed by atoms with E-state index in [2.05, 4.69) is 0 Å². The van der Waals surface area contributed by atoms with Gasteiger partial charge in [-0.2, -0.15) is 4.31 Å². The fourth-order valence-corrected chi connectivity index (χ4v) is 4.85. The van der Waals surface area contributed by atoms with Crippen molar-refractivity contribution in [2.45, 2.75) is 24.0 Å². The van der Waals surface area contributed by atoms with E-state index in [1.807, 2.05) is 30.3 Å². The molecule has 1 saturated heterocycles. The molecule has 2 atom stereocenters. The summed E-state index contributed by atoms with van der Waals surface area (Å²) in [6.45, 7) is 2.13. The Bertz CT molecular complexity index is 870. The summed E-state index contributed by atoms with van der Waals surface area (Å²) < 4.78 is 33.2. The van der Waals surface area contributed by atoms with Crippen molar-refractivity contribution in [3.63, 3.8) is 0 Å².